The summed E-state index contributed by atoms with van der Waals surface area (Å²) in [6.07, 6.45) is 0.851. The van der Waals surface area contributed by atoms with Crippen LogP contribution in [0.15, 0.2) is 36.4 Å². The van der Waals surface area contributed by atoms with Crippen LogP contribution in [0.4, 0.5) is 0 Å². The first-order chi connectivity index (χ1) is 7.33. The molecule has 2 aromatic rings. The van der Waals surface area contributed by atoms with Crippen LogP contribution in [0.25, 0.3) is 10.8 Å². The molecule has 0 amide bonds. The predicted octanol–water partition coefficient (Wildman–Crippen LogP) is 2.89. The number of nitrogens with one attached hydrogen (secondary N) is 1. The minimum Gasteiger partial charge on any atom is -0.508 e. The van der Waals surface area contributed by atoms with E-state index in [9.17, 15) is 5.11 Å². The highest BCUT2D eigenvalue weighted by Crippen LogP contribution is 2.27. The molecule has 0 heterocycles. The van der Waals surface area contributed by atoms with Crippen molar-refractivity contribution in [2.24, 2.45) is 0 Å². The number of phenolic OH excluding ortho intramolecular Hbond substituents is 1. The third-order valence-corrected chi connectivity index (χ3v) is 2.64. The Morgan fingerprint density at radius 3 is 2.62 bits per heavy atom. The molecule has 0 bridgehead atoms. The van der Waals surface area contributed by atoms with Gasteiger partial charge >= 0.3 is 0 Å². The lowest BCUT2D eigenvalue weighted by Crippen LogP contribution is -2.10. The molecule has 86 valence electrons. The van der Waals surface area contributed by atoms with Crippen molar-refractivity contribution in [2.45, 2.75) is 6.42 Å². The first kappa shape index (κ1) is 13.0. The Morgan fingerprint density at radius 2 is 1.88 bits per heavy atom. The van der Waals surface area contributed by atoms with E-state index in [-0.39, 0.29) is 17.0 Å². The second-order valence-electron chi connectivity index (χ2n) is 3.64. The maximum absolute atomic E-state index is 9.81. The van der Waals surface area contributed by atoms with Gasteiger partial charge in [-0.05, 0) is 36.9 Å². The Balaban J connectivity index is 0.00000128. The molecule has 0 fully saturated rings. The Hall–Kier alpha value is -1.06. The molecule has 0 atom stereocenters. The molecule has 2 nitrogen and oxygen atoms in total. The van der Waals surface area contributed by atoms with E-state index >= 15 is 0 Å². The minimum absolute atomic E-state index is 0. The number of likely N-dealkylation sites (N-methyl/N-ethyl adjacent to an activating group) is 1. The first-order valence-corrected chi connectivity index (χ1v) is 5.17. The number of benzene rings is 2. The monoisotopic (exact) mass is 281 g/mol. The number of fused-ring (bicyclic) bond motifs is 1. The molecular weight excluding hydrogens is 266 g/mol. The maximum atomic E-state index is 9.81. The van der Waals surface area contributed by atoms with Crippen LogP contribution in [0.5, 0.6) is 5.75 Å². The van der Waals surface area contributed by atoms with E-state index in [2.05, 4.69) is 17.4 Å². The normalized spacial score (nSPS) is 10.1. The molecule has 0 aliphatic heterocycles. The lowest BCUT2D eigenvalue weighted by Gasteiger charge is -2.08. The van der Waals surface area contributed by atoms with Crippen molar-refractivity contribution in [3.8, 4) is 5.75 Å². The molecule has 0 aliphatic carbocycles. The predicted molar refractivity (Wildman–Crippen MR) is 73.6 cm³/mol. The van der Waals surface area contributed by atoms with Gasteiger partial charge in [0.2, 0.25) is 0 Å². The second-order valence-corrected chi connectivity index (χ2v) is 3.64. The molecule has 0 radical (unpaired) electrons. The summed E-state index contributed by atoms with van der Waals surface area (Å²) in [4.78, 5) is 0. The van der Waals surface area contributed by atoms with Crippen molar-refractivity contribution < 1.29 is 5.11 Å². The number of hydrogen-bond acceptors (Lipinski definition) is 2. The zero-order chi connectivity index (χ0) is 10.7. The van der Waals surface area contributed by atoms with Crippen LogP contribution in [0, 0.1) is 0 Å². The van der Waals surface area contributed by atoms with Gasteiger partial charge < -0.3 is 10.4 Å². The summed E-state index contributed by atoms with van der Waals surface area (Å²) in [5, 5.41) is 15.2. The molecule has 0 aliphatic rings. The van der Waals surface area contributed by atoms with Gasteiger partial charge in [0.25, 0.3) is 0 Å². The van der Waals surface area contributed by atoms with Crippen molar-refractivity contribution in [1.29, 1.82) is 0 Å². The highest BCUT2D eigenvalue weighted by Gasteiger charge is 2.05. The third kappa shape index (κ3) is 2.54. The standard InChI is InChI=1S/C13H15NO.BrH/c1-14-9-8-12-11-5-3-2-4-10(11)6-7-13(12)15;/h2-7,14-15H,8-9H2,1H3;1H. The zero-order valence-electron chi connectivity index (χ0n) is 9.23. The highest BCUT2D eigenvalue weighted by molar-refractivity contribution is 8.93. The molecule has 0 unspecified atom stereocenters. The Bertz CT molecular complexity index is 470. The zero-order valence-corrected chi connectivity index (χ0v) is 10.9. The average Bonchev–Trinajstić information content (AvgIpc) is 2.28. The van der Waals surface area contributed by atoms with Crippen molar-refractivity contribution in [3.05, 3.63) is 42.0 Å². The molecular formula is C13H16BrNO. The van der Waals surface area contributed by atoms with Crippen LogP contribution < -0.4 is 5.32 Å². The van der Waals surface area contributed by atoms with Crippen LogP contribution in [-0.4, -0.2) is 18.7 Å². The van der Waals surface area contributed by atoms with E-state index in [4.69, 9.17) is 0 Å². The lowest BCUT2D eigenvalue weighted by molar-refractivity contribution is 0.469. The van der Waals surface area contributed by atoms with E-state index in [0.29, 0.717) is 5.75 Å². The topological polar surface area (TPSA) is 32.3 Å². The van der Waals surface area contributed by atoms with E-state index in [1.807, 2.05) is 25.2 Å². The van der Waals surface area contributed by atoms with Crippen molar-refractivity contribution >= 4 is 27.8 Å². The van der Waals surface area contributed by atoms with Gasteiger partial charge in [-0.15, -0.1) is 17.0 Å². The van der Waals surface area contributed by atoms with Crippen LogP contribution >= 0.6 is 17.0 Å². The molecule has 2 N–H and O–H groups in total. The smallest absolute Gasteiger partial charge is 0.119 e. The van der Waals surface area contributed by atoms with Crippen molar-refractivity contribution in [1.82, 2.24) is 5.32 Å². The van der Waals surface area contributed by atoms with Gasteiger partial charge in [0.1, 0.15) is 5.75 Å². The molecule has 0 saturated carbocycles. The van der Waals surface area contributed by atoms with E-state index < -0.39 is 0 Å². The molecule has 0 spiro atoms. The third-order valence-electron chi connectivity index (χ3n) is 2.64. The number of halogens is 1. The Labute approximate surface area is 106 Å². The molecule has 16 heavy (non-hydrogen) atoms. The van der Waals surface area contributed by atoms with Crippen LogP contribution in [0.3, 0.4) is 0 Å². The summed E-state index contributed by atoms with van der Waals surface area (Å²) in [7, 11) is 1.92. The largest absolute Gasteiger partial charge is 0.508 e. The number of hydrogen-bond donors (Lipinski definition) is 2. The fourth-order valence-electron chi connectivity index (χ4n) is 1.84. The number of rotatable bonds is 3. The quantitative estimate of drug-likeness (QED) is 0.907. The van der Waals surface area contributed by atoms with E-state index in [1.165, 1.54) is 5.39 Å². The van der Waals surface area contributed by atoms with Gasteiger partial charge in [-0.2, -0.15) is 0 Å². The van der Waals surface area contributed by atoms with Gasteiger partial charge in [0.15, 0.2) is 0 Å². The highest BCUT2D eigenvalue weighted by atomic mass is 79.9. The maximum Gasteiger partial charge on any atom is 0.119 e. The SMILES string of the molecule is Br.CNCCc1c(O)ccc2ccccc12. The molecule has 3 heteroatoms. The van der Waals surface area contributed by atoms with Gasteiger partial charge in [0, 0.05) is 5.56 Å². The second kappa shape index (κ2) is 5.87. The number of aromatic hydroxyl groups is 1. The Kier molecular flexibility index (Phi) is 4.77. The Morgan fingerprint density at radius 1 is 1.12 bits per heavy atom. The van der Waals surface area contributed by atoms with Gasteiger partial charge in [0.05, 0.1) is 0 Å². The van der Waals surface area contributed by atoms with E-state index in [1.54, 1.807) is 6.07 Å². The first-order valence-electron chi connectivity index (χ1n) is 5.17. The molecule has 0 aromatic heterocycles. The molecule has 2 rings (SSSR count). The van der Waals surface area contributed by atoms with Crippen LogP contribution in [0.2, 0.25) is 0 Å². The summed E-state index contributed by atoms with van der Waals surface area (Å²) < 4.78 is 0. The van der Waals surface area contributed by atoms with Crippen molar-refractivity contribution in [3.63, 3.8) is 0 Å². The van der Waals surface area contributed by atoms with Gasteiger partial charge in [-0.1, -0.05) is 30.3 Å². The summed E-state index contributed by atoms with van der Waals surface area (Å²) in [6.45, 7) is 0.877. The fraction of sp³-hybridized carbons (Fsp3) is 0.231. The summed E-state index contributed by atoms with van der Waals surface area (Å²) >= 11 is 0. The lowest BCUT2D eigenvalue weighted by atomic mass is 10.0. The van der Waals surface area contributed by atoms with Gasteiger partial charge in [-0.25, -0.2) is 0 Å². The minimum atomic E-state index is 0. The van der Waals surface area contributed by atoms with Crippen LogP contribution in [-0.2, 0) is 6.42 Å². The van der Waals surface area contributed by atoms with Crippen LogP contribution in [0.1, 0.15) is 5.56 Å². The fourth-order valence-corrected chi connectivity index (χ4v) is 1.84. The van der Waals surface area contributed by atoms with Crippen molar-refractivity contribution in [2.75, 3.05) is 13.6 Å². The molecule has 2 aromatic carbocycles. The summed E-state index contributed by atoms with van der Waals surface area (Å²) in [5.41, 5.74) is 1.03. The number of phenols is 1. The molecule has 0 saturated heterocycles. The summed E-state index contributed by atoms with van der Waals surface area (Å²) in [6, 6.07) is 11.9. The summed E-state index contributed by atoms with van der Waals surface area (Å²) in [5.74, 6) is 0.393. The van der Waals surface area contributed by atoms with Gasteiger partial charge in [-0.3, -0.25) is 0 Å². The van der Waals surface area contributed by atoms with E-state index in [0.717, 1.165) is 23.9 Å². The average molecular weight is 282 g/mol.